The molecule has 1 aliphatic carbocycles. The minimum absolute atomic E-state index is 0.547. The van der Waals surface area contributed by atoms with Crippen LogP contribution in [0.25, 0.3) is 0 Å². The van der Waals surface area contributed by atoms with Crippen molar-refractivity contribution in [3.63, 3.8) is 0 Å². The molecule has 1 aromatic rings. The first-order chi connectivity index (χ1) is 8.69. The average molecular weight is 248 g/mol. The van der Waals surface area contributed by atoms with Gasteiger partial charge in [0.1, 0.15) is 18.0 Å². The highest BCUT2D eigenvalue weighted by atomic mass is 15.1. The third kappa shape index (κ3) is 3.34. The highest BCUT2D eigenvalue weighted by Crippen LogP contribution is 2.30. The van der Waals surface area contributed by atoms with Gasteiger partial charge < -0.3 is 10.6 Å². The molecule has 100 valence electrons. The third-order valence-electron chi connectivity index (χ3n) is 3.79. The van der Waals surface area contributed by atoms with E-state index in [0.29, 0.717) is 12.0 Å². The maximum absolute atomic E-state index is 4.31. The van der Waals surface area contributed by atoms with Crippen molar-refractivity contribution in [2.24, 2.45) is 11.8 Å². The van der Waals surface area contributed by atoms with E-state index in [1.54, 1.807) is 6.33 Å². The fourth-order valence-electron chi connectivity index (χ4n) is 2.78. The van der Waals surface area contributed by atoms with E-state index in [0.717, 1.165) is 24.1 Å². The molecule has 1 fully saturated rings. The molecule has 3 unspecified atom stereocenters. The topological polar surface area (TPSA) is 49.8 Å². The Morgan fingerprint density at radius 1 is 1.22 bits per heavy atom. The summed E-state index contributed by atoms with van der Waals surface area (Å²) >= 11 is 0. The van der Waals surface area contributed by atoms with Gasteiger partial charge in [-0.05, 0) is 38.0 Å². The summed E-state index contributed by atoms with van der Waals surface area (Å²) in [6.07, 6.45) is 5.48. The van der Waals surface area contributed by atoms with E-state index < -0.39 is 0 Å². The molecule has 4 heteroatoms. The number of rotatable bonds is 4. The number of hydrogen-bond acceptors (Lipinski definition) is 4. The largest absolute Gasteiger partial charge is 0.370 e. The standard InChI is InChI=1S/C14H24N4/c1-4-15-13-8-14(17-9-16-13)18-12-6-5-10(2)7-11(12)3/h8-12H,4-7H2,1-3H3,(H2,15,16,17,18). The average Bonchev–Trinajstić information content (AvgIpc) is 2.34. The molecule has 0 amide bonds. The molecule has 1 aromatic heterocycles. The smallest absolute Gasteiger partial charge is 0.131 e. The van der Waals surface area contributed by atoms with Crippen molar-refractivity contribution in [3.05, 3.63) is 12.4 Å². The highest BCUT2D eigenvalue weighted by molar-refractivity contribution is 5.46. The lowest BCUT2D eigenvalue weighted by atomic mass is 9.80. The normalized spacial score (nSPS) is 27.8. The van der Waals surface area contributed by atoms with Crippen molar-refractivity contribution >= 4 is 11.6 Å². The lowest BCUT2D eigenvalue weighted by Gasteiger charge is -2.33. The molecule has 0 saturated heterocycles. The van der Waals surface area contributed by atoms with Gasteiger partial charge in [-0.25, -0.2) is 9.97 Å². The highest BCUT2D eigenvalue weighted by Gasteiger charge is 2.25. The minimum atomic E-state index is 0.547. The summed E-state index contributed by atoms with van der Waals surface area (Å²) in [4.78, 5) is 8.50. The van der Waals surface area contributed by atoms with Crippen LogP contribution in [0.15, 0.2) is 12.4 Å². The first-order valence-corrected chi connectivity index (χ1v) is 7.01. The van der Waals surface area contributed by atoms with Gasteiger partial charge in [-0.1, -0.05) is 13.8 Å². The Labute approximate surface area is 110 Å². The van der Waals surface area contributed by atoms with E-state index in [-0.39, 0.29) is 0 Å². The molecule has 0 spiro atoms. The quantitative estimate of drug-likeness (QED) is 0.859. The maximum Gasteiger partial charge on any atom is 0.131 e. The Balaban J connectivity index is 1.98. The van der Waals surface area contributed by atoms with Crippen LogP contribution in [0.3, 0.4) is 0 Å². The second kappa shape index (κ2) is 6.03. The molecule has 1 heterocycles. The molecule has 1 aliphatic rings. The molecule has 2 rings (SSSR count). The number of nitrogens with zero attached hydrogens (tertiary/aromatic N) is 2. The molecule has 0 aromatic carbocycles. The van der Waals surface area contributed by atoms with Gasteiger partial charge in [-0.3, -0.25) is 0 Å². The van der Waals surface area contributed by atoms with Crippen LogP contribution in [0.2, 0.25) is 0 Å². The number of hydrogen-bond donors (Lipinski definition) is 2. The molecule has 18 heavy (non-hydrogen) atoms. The Morgan fingerprint density at radius 2 is 2.00 bits per heavy atom. The van der Waals surface area contributed by atoms with Crippen LogP contribution in [0.1, 0.15) is 40.0 Å². The van der Waals surface area contributed by atoms with Crippen molar-refractivity contribution in [1.82, 2.24) is 9.97 Å². The fourth-order valence-corrected chi connectivity index (χ4v) is 2.78. The van der Waals surface area contributed by atoms with Crippen LogP contribution in [0.5, 0.6) is 0 Å². The van der Waals surface area contributed by atoms with Crippen molar-refractivity contribution < 1.29 is 0 Å². The van der Waals surface area contributed by atoms with Gasteiger partial charge in [-0.15, -0.1) is 0 Å². The van der Waals surface area contributed by atoms with E-state index in [1.807, 2.05) is 6.07 Å². The van der Waals surface area contributed by atoms with Crippen LogP contribution in [0, 0.1) is 11.8 Å². The van der Waals surface area contributed by atoms with Crippen LogP contribution in [-0.4, -0.2) is 22.6 Å². The Kier molecular flexibility index (Phi) is 4.39. The zero-order chi connectivity index (χ0) is 13.0. The summed E-state index contributed by atoms with van der Waals surface area (Å²) in [6, 6.07) is 2.54. The molecule has 1 saturated carbocycles. The van der Waals surface area contributed by atoms with E-state index >= 15 is 0 Å². The van der Waals surface area contributed by atoms with Gasteiger partial charge in [0.2, 0.25) is 0 Å². The van der Waals surface area contributed by atoms with E-state index in [4.69, 9.17) is 0 Å². The lowest BCUT2D eigenvalue weighted by Crippen LogP contribution is -2.33. The van der Waals surface area contributed by atoms with Gasteiger partial charge in [-0.2, -0.15) is 0 Å². The number of aromatic nitrogens is 2. The van der Waals surface area contributed by atoms with Crippen LogP contribution in [0.4, 0.5) is 11.6 Å². The van der Waals surface area contributed by atoms with Crippen molar-refractivity contribution in [2.75, 3.05) is 17.2 Å². The number of anilines is 2. The summed E-state index contributed by atoms with van der Waals surface area (Å²) in [7, 11) is 0. The Morgan fingerprint density at radius 3 is 2.72 bits per heavy atom. The van der Waals surface area contributed by atoms with Crippen molar-refractivity contribution in [3.8, 4) is 0 Å². The zero-order valence-electron chi connectivity index (χ0n) is 11.6. The van der Waals surface area contributed by atoms with Gasteiger partial charge in [0, 0.05) is 18.7 Å². The predicted octanol–water partition coefficient (Wildman–Crippen LogP) is 3.15. The molecular formula is C14H24N4. The van der Waals surface area contributed by atoms with Crippen LogP contribution >= 0.6 is 0 Å². The monoisotopic (exact) mass is 248 g/mol. The van der Waals surface area contributed by atoms with Gasteiger partial charge in [0.25, 0.3) is 0 Å². The second-order valence-electron chi connectivity index (χ2n) is 5.47. The van der Waals surface area contributed by atoms with Crippen molar-refractivity contribution in [2.45, 2.75) is 46.1 Å². The Hall–Kier alpha value is -1.32. The van der Waals surface area contributed by atoms with Gasteiger partial charge >= 0.3 is 0 Å². The number of nitrogens with one attached hydrogen (secondary N) is 2. The summed E-state index contributed by atoms with van der Waals surface area (Å²) in [6.45, 7) is 7.63. The molecule has 0 bridgehead atoms. The van der Waals surface area contributed by atoms with E-state index in [9.17, 15) is 0 Å². The zero-order valence-corrected chi connectivity index (χ0v) is 11.6. The molecule has 0 radical (unpaired) electrons. The second-order valence-corrected chi connectivity index (χ2v) is 5.47. The van der Waals surface area contributed by atoms with Gasteiger partial charge in [0.15, 0.2) is 0 Å². The first kappa shape index (κ1) is 13.1. The van der Waals surface area contributed by atoms with E-state index in [2.05, 4.69) is 41.4 Å². The van der Waals surface area contributed by atoms with Crippen molar-refractivity contribution in [1.29, 1.82) is 0 Å². The summed E-state index contributed by atoms with van der Waals surface area (Å²) in [5.41, 5.74) is 0. The van der Waals surface area contributed by atoms with Crippen LogP contribution in [-0.2, 0) is 0 Å². The SMILES string of the molecule is CCNc1cc(NC2CCC(C)CC2C)ncn1. The van der Waals surface area contributed by atoms with E-state index in [1.165, 1.54) is 19.3 Å². The Bertz CT molecular complexity index is 380. The summed E-state index contributed by atoms with van der Waals surface area (Å²) in [5.74, 6) is 3.41. The summed E-state index contributed by atoms with van der Waals surface area (Å²) in [5, 5.41) is 6.77. The summed E-state index contributed by atoms with van der Waals surface area (Å²) < 4.78 is 0. The van der Waals surface area contributed by atoms with Gasteiger partial charge in [0.05, 0.1) is 0 Å². The molecular weight excluding hydrogens is 224 g/mol. The molecule has 0 aliphatic heterocycles. The maximum atomic E-state index is 4.31. The molecule has 2 N–H and O–H groups in total. The third-order valence-corrected chi connectivity index (χ3v) is 3.79. The predicted molar refractivity (Wildman–Crippen MR) is 75.8 cm³/mol. The molecule has 3 atom stereocenters. The minimum Gasteiger partial charge on any atom is -0.370 e. The van der Waals surface area contributed by atoms with Crippen LogP contribution < -0.4 is 10.6 Å². The lowest BCUT2D eigenvalue weighted by molar-refractivity contribution is 0.276. The fraction of sp³-hybridized carbons (Fsp3) is 0.714. The first-order valence-electron chi connectivity index (χ1n) is 7.01. The molecule has 4 nitrogen and oxygen atoms in total.